The van der Waals surface area contributed by atoms with Gasteiger partial charge in [-0.15, -0.1) is 0 Å². The fraction of sp³-hybridized carbons (Fsp3) is 0.750. The lowest BCUT2D eigenvalue weighted by molar-refractivity contribution is -0.128. The highest BCUT2D eigenvalue weighted by Gasteiger charge is 2.41. The van der Waals surface area contributed by atoms with E-state index in [1.54, 1.807) is 4.90 Å². The second-order valence-corrected chi connectivity index (χ2v) is 8.55. The van der Waals surface area contributed by atoms with Gasteiger partial charge in [0.15, 0.2) is 0 Å². The van der Waals surface area contributed by atoms with Crippen molar-refractivity contribution in [2.45, 2.75) is 24.5 Å². The van der Waals surface area contributed by atoms with Crippen LogP contribution in [-0.2, 0) is 13.8 Å². The summed E-state index contributed by atoms with van der Waals surface area (Å²) in [6.45, 7) is 0.954. The number of carbonyl (C=O) groups is 1. The van der Waals surface area contributed by atoms with Crippen LogP contribution in [0.25, 0.3) is 0 Å². The minimum atomic E-state index is -3.62. The number of amides is 1. The maximum atomic E-state index is 11.8. The van der Waals surface area contributed by atoms with Crippen LogP contribution in [0.4, 0.5) is 0 Å². The molecule has 1 aliphatic heterocycles. The normalized spacial score (nSPS) is 38.9. The van der Waals surface area contributed by atoms with Crippen LogP contribution in [0.2, 0.25) is 0 Å². The Kier molecular flexibility index (Phi) is 2.94. The maximum absolute atomic E-state index is 11.8. The number of fused-ring (bicyclic) bond motifs is 2. The lowest BCUT2D eigenvalue weighted by Gasteiger charge is -2.24. The largest absolute Gasteiger partial charge is 0.341 e. The smallest absolute Gasteiger partial charge is 0.237 e. The predicted molar refractivity (Wildman–Crippen MR) is 68.6 cm³/mol. The highest BCUT2D eigenvalue weighted by molar-refractivity contribution is 8.14. The van der Waals surface area contributed by atoms with Crippen LogP contribution >= 0.6 is 10.7 Å². The first-order chi connectivity index (χ1) is 8.43. The summed E-state index contributed by atoms with van der Waals surface area (Å²) in [5, 5.41) is -0.721. The van der Waals surface area contributed by atoms with Crippen LogP contribution < -0.4 is 0 Å². The highest BCUT2D eigenvalue weighted by atomic mass is 35.7. The first-order valence-electron chi connectivity index (χ1n) is 6.33. The van der Waals surface area contributed by atoms with Gasteiger partial charge < -0.3 is 4.90 Å². The lowest BCUT2D eigenvalue weighted by Crippen LogP contribution is -2.33. The van der Waals surface area contributed by atoms with E-state index in [0.717, 1.165) is 6.42 Å². The summed E-state index contributed by atoms with van der Waals surface area (Å²) in [5.41, 5.74) is 0. The van der Waals surface area contributed by atoms with Crippen LogP contribution in [0.5, 0.6) is 0 Å². The molecule has 0 radical (unpaired) electrons. The van der Waals surface area contributed by atoms with Gasteiger partial charge in [0.1, 0.15) is 5.25 Å². The van der Waals surface area contributed by atoms with E-state index in [1.807, 2.05) is 0 Å². The Bertz CT molecular complexity index is 501. The third kappa shape index (κ3) is 2.18. The van der Waals surface area contributed by atoms with Crippen molar-refractivity contribution in [1.82, 2.24) is 4.90 Å². The molecule has 0 spiro atoms. The quantitative estimate of drug-likeness (QED) is 0.582. The monoisotopic (exact) mass is 289 g/mol. The van der Waals surface area contributed by atoms with E-state index in [2.05, 4.69) is 12.2 Å². The van der Waals surface area contributed by atoms with Crippen molar-refractivity contribution < 1.29 is 13.2 Å². The third-order valence-corrected chi connectivity index (χ3v) is 6.32. The van der Waals surface area contributed by atoms with E-state index in [9.17, 15) is 13.2 Å². The highest BCUT2D eigenvalue weighted by Crippen LogP contribution is 2.44. The van der Waals surface area contributed by atoms with Crippen LogP contribution in [0, 0.1) is 17.8 Å². The van der Waals surface area contributed by atoms with Crippen molar-refractivity contribution in [2.24, 2.45) is 17.8 Å². The first kappa shape index (κ1) is 12.5. The number of likely N-dealkylation sites (tertiary alicyclic amines) is 1. The molecule has 0 aromatic carbocycles. The molecule has 4 unspecified atom stereocenters. The van der Waals surface area contributed by atoms with E-state index in [-0.39, 0.29) is 18.9 Å². The average molecular weight is 290 g/mol. The molecular formula is C12H16ClNO3S. The molecule has 4 atom stereocenters. The second kappa shape index (κ2) is 4.23. The van der Waals surface area contributed by atoms with E-state index >= 15 is 0 Å². The third-order valence-electron chi connectivity index (χ3n) is 4.45. The standard InChI is InChI=1S/C12H16ClNO3S/c13-18(16,17)11-5-12(15)14(7-11)6-10-4-8-1-2-9(10)3-8/h1-2,8-11H,3-7H2. The zero-order chi connectivity index (χ0) is 12.9. The molecule has 3 rings (SSSR count). The molecule has 1 saturated heterocycles. The molecule has 1 saturated carbocycles. The molecule has 4 nitrogen and oxygen atoms in total. The Hall–Kier alpha value is -0.550. The number of allylic oxidation sites excluding steroid dienone is 2. The van der Waals surface area contributed by atoms with E-state index < -0.39 is 14.3 Å². The summed E-state index contributed by atoms with van der Waals surface area (Å²) in [4.78, 5) is 13.5. The topological polar surface area (TPSA) is 54.5 Å². The summed E-state index contributed by atoms with van der Waals surface area (Å²) in [7, 11) is 1.72. The molecule has 6 heteroatoms. The molecule has 0 aromatic heterocycles. The van der Waals surface area contributed by atoms with Gasteiger partial charge in [0.25, 0.3) is 0 Å². The van der Waals surface area contributed by atoms with Gasteiger partial charge in [-0.1, -0.05) is 12.2 Å². The number of rotatable bonds is 3. The zero-order valence-electron chi connectivity index (χ0n) is 9.96. The van der Waals surface area contributed by atoms with Crippen molar-refractivity contribution in [3.05, 3.63) is 12.2 Å². The van der Waals surface area contributed by atoms with Crippen molar-refractivity contribution in [2.75, 3.05) is 13.1 Å². The molecular weight excluding hydrogens is 274 g/mol. The lowest BCUT2D eigenvalue weighted by atomic mass is 9.93. The van der Waals surface area contributed by atoms with Gasteiger partial charge in [0.05, 0.1) is 0 Å². The fourth-order valence-electron chi connectivity index (χ4n) is 3.49. The van der Waals surface area contributed by atoms with Gasteiger partial charge in [-0.2, -0.15) is 0 Å². The predicted octanol–water partition coefficient (Wildman–Crippen LogP) is 1.37. The minimum Gasteiger partial charge on any atom is -0.341 e. The van der Waals surface area contributed by atoms with Crippen LogP contribution in [-0.4, -0.2) is 37.6 Å². The minimum absolute atomic E-state index is 0.0441. The van der Waals surface area contributed by atoms with Crippen LogP contribution in [0.3, 0.4) is 0 Å². The van der Waals surface area contributed by atoms with Gasteiger partial charge in [-0.3, -0.25) is 4.79 Å². The Morgan fingerprint density at radius 2 is 2.11 bits per heavy atom. The number of nitrogens with zero attached hydrogens (tertiary/aromatic N) is 1. The van der Waals surface area contributed by atoms with E-state index in [4.69, 9.17) is 10.7 Å². The van der Waals surface area contributed by atoms with E-state index in [0.29, 0.717) is 24.3 Å². The summed E-state index contributed by atoms with van der Waals surface area (Å²) < 4.78 is 22.5. The first-order valence-corrected chi connectivity index (χ1v) is 8.70. The number of carbonyl (C=O) groups excluding carboxylic acids is 1. The van der Waals surface area contributed by atoms with Crippen molar-refractivity contribution in [3.8, 4) is 0 Å². The second-order valence-electron chi connectivity index (χ2n) is 5.64. The Morgan fingerprint density at radius 3 is 2.61 bits per heavy atom. The number of halogens is 1. The number of hydrogen-bond acceptors (Lipinski definition) is 3. The molecule has 3 aliphatic rings. The summed E-state index contributed by atoms with van der Waals surface area (Å²) >= 11 is 0. The van der Waals surface area contributed by atoms with Gasteiger partial charge >= 0.3 is 0 Å². The van der Waals surface area contributed by atoms with E-state index in [1.165, 1.54) is 6.42 Å². The maximum Gasteiger partial charge on any atom is 0.237 e. The van der Waals surface area contributed by atoms with Gasteiger partial charge in [0, 0.05) is 30.2 Å². The molecule has 1 amide bonds. The molecule has 2 bridgehead atoms. The Balaban J connectivity index is 1.64. The number of hydrogen-bond donors (Lipinski definition) is 0. The van der Waals surface area contributed by atoms with Crippen LogP contribution in [0.1, 0.15) is 19.3 Å². The molecule has 2 fully saturated rings. The van der Waals surface area contributed by atoms with Gasteiger partial charge in [0.2, 0.25) is 15.0 Å². The summed E-state index contributed by atoms with van der Waals surface area (Å²) in [6.07, 6.45) is 6.88. The summed E-state index contributed by atoms with van der Waals surface area (Å²) in [6, 6.07) is 0. The van der Waals surface area contributed by atoms with Crippen molar-refractivity contribution in [1.29, 1.82) is 0 Å². The average Bonchev–Trinajstić information content (AvgIpc) is 2.93. The Labute approximate surface area is 111 Å². The van der Waals surface area contributed by atoms with Crippen LogP contribution in [0.15, 0.2) is 12.2 Å². The molecule has 2 aliphatic carbocycles. The molecule has 1 heterocycles. The van der Waals surface area contributed by atoms with Crippen molar-refractivity contribution >= 4 is 25.6 Å². The van der Waals surface area contributed by atoms with Crippen molar-refractivity contribution in [3.63, 3.8) is 0 Å². The molecule has 0 N–H and O–H groups in total. The summed E-state index contributed by atoms with van der Waals surface area (Å²) in [5.74, 6) is 1.68. The van der Waals surface area contributed by atoms with Gasteiger partial charge in [-0.05, 0) is 30.6 Å². The molecule has 100 valence electrons. The molecule has 0 aromatic rings. The Morgan fingerprint density at radius 1 is 1.33 bits per heavy atom. The molecule has 18 heavy (non-hydrogen) atoms. The van der Waals surface area contributed by atoms with Gasteiger partial charge in [-0.25, -0.2) is 8.42 Å². The fourth-order valence-corrected chi connectivity index (χ4v) is 4.55. The zero-order valence-corrected chi connectivity index (χ0v) is 11.5. The SMILES string of the molecule is O=C1CC(S(=O)(=O)Cl)CN1CC1CC2C=CC1C2.